The first-order chi connectivity index (χ1) is 20.1. The molecule has 0 aromatic rings. The molecule has 0 unspecified atom stereocenters. The molecule has 1 aliphatic heterocycles. The zero-order chi connectivity index (χ0) is 31.3. The van der Waals surface area contributed by atoms with Gasteiger partial charge in [-0.1, -0.05) is 67.0 Å². The minimum Gasteiger partial charge on any atom is -0.394 e. The minimum atomic E-state index is -1.40. The largest absolute Gasteiger partial charge is 0.394 e. The van der Waals surface area contributed by atoms with E-state index in [9.17, 15) is 20.4 Å². The van der Waals surface area contributed by atoms with Crippen molar-refractivity contribution in [2.75, 3.05) is 6.61 Å². The Kier molecular flexibility index (Phi) is 8.13. The van der Waals surface area contributed by atoms with Crippen LogP contribution < -0.4 is 0 Å². The van der Waals surface area contributed by atoms with E-state index in [-0.39, 0.29) is 11.5 Å². The van der Waals surface area contributed by atoms with E-state index in [1.54, 1.807) is 0 Å². The Morgan fingerprint density at radius 3 is 2.16 bits per heavy atom. The second-order valence-corrected chi connectivity index (χ2v) is 17.7. The maximum absolute atomic E-state index is 10.7. The summed E-state index contributed by atoms with van der Waals surface area (Å²) in [5.41, 5.74) is 2.94. The number of aliphatic hydroxyl groups excluding tert-OH is 4. The van der Waals surface area contributed by atoms with Crippen LogP contribution in [0.3, 0.4) is 0 Å². The van der Waals surface area contributed by atoms with Crippen molar-refractivity contribution >= 4 is 0 Å². The third kappa shape index (κ3) is 4.46. The van der Waals surface area contributed by atoms with Gasteiger partial charge in [0.1, 0.15) is 24.4 Å². The number of hydrogen-bond acceptors (Lipinski definition) is 6. The molecule has 0 amide bonds. The highest BCUT2D eigenvalue weighted by atomic mass is 16.7. The maximum Gasteiger partial charge on any atom is 0.186 e. The van der Waals surface area contributed by atoms with Crippen molar-refractivity contribution in [1.82, 2.24) is 0 Å². The molecular weight excluding hydrogens is 540 g/mol. The summed E-state index contributed by atoms with van der Waals surface area (Å²) in [5, 5.41) is 41.0. The highest BCUT2D eigenvalue weighted by molar-refractivity contribution is 5.32. The first-order valence-corrected chi connectivity index (χ1v) is 17.7. The monoisotopic (exact) mass is 602 g/mol. The number of hydrogen-bond donors (Lipinski definition) is 4. The van der Waals surface area contributed by atoms with Gasteiger partial charge in [0.25, 0.3) is 0 Å². The first-order valence-electron chi connectivity index (χ1n) is 17.7. The Morgan fingerprint density at radius 1 is 0.814 bits per heavy atom. The van der Waals surface area contributed by atoms with Crippen LogP contribution in [0.15, 0.2) is 12.2 Å². The van der Waals surface area contributed by atoms with Crippen LogP contribution in [0.1, 0.15) is 119 Å². The van der Waals surface area contributed by atoms with Gasteiger partial charge in [0, 0.05) is 0 Å². The van der Waals surface area contributed by atoms with Crippen molar-refractivity contribution in [1.29, 1.82) is 0 Å². The Bertz CT molecular complexity index is 1070. The summed E-state index contributed by atoms with van der Waals surface area (Å²) < 4.78 is 12.3. The molecule has 0 aromatic heterocycles. The predicted molar refractivity (Wildman–Crippen MR) is 168 cm³/mol. The van der Waals surface area contributed by atoms with E-state index >= 15 is 0 Å². The number of aliphatic hydroxyl groups is 4. The summed E-state index contributed by atoms with van der Waals surface area (Å²) in [4.78, 5) is 0. The lowest BCUT2D eigenvalue weighted by Crippen LogP contribution is -2.62. The van der Waals surface area contributed by atoms with Crippen LogP contribution in [-0.2, 0) is 9.47 Å². The summed E-state index contributed by atoms with van der Waals surface area (Å²) in [6, 6.07) is 0. The van der Waals surface area contributed by atoms with Gasteiger partial charge in [-0.15, -0.1) is 0 Å². The molecule has 6 nitrogen and oxygen atoms in total. The van der Waals surface area contributed by atoms with Crippen molar-refractivity contribution in [2.24, 2.45) is 56.7 Å². The molecule has 2 spiro atoms. The fourth-order valence-corrected chi connectivity index (χ4v) is 12.6. The third-order valence-corrected chi connectivity index (χ3v) is 15.4. The van der Waals surface area contributed by atoms with Gasteiger partial charge in [-0.25, -0.2) is 0 Å². The van der Waals surface area contributed by atoms with Gasteiger partial charge in [0.2, 0.25) is 0 Å². The molecule has 1 saturated heterocycles. The molecule has 6 heteroatoms. The lowest BCUT2D eigenvalue weighted by atomic mass is 9.42. The lowest BCUT2D eigenvalue weighted by molar-refractivity contribution is -0.326. The fraction of sp³-hybridized carbons (Fsp3) is 0.946. The number of ether oxygens (including phenoxy) is 2. The SMILES string of the molecule is C=C([C@H](C)CCC(C)C)[C@H]1CC[C@@]2(C)[C@H]3CC[C@@H]4C(C)(C)[C@@H](O[C@@H]5O[C@H](CO)[C@@H](O)[C@H](O)[C@H]5O)CC[C@@]45C[C@@]35CC[C@]12C. The Morgan fingerprint density at radius 2 is 1.49 bits per heavy atom. The molecule has 0 radical (unpaired) electrons. The Balaban J connectivity index is 1.19. The predicted octanol–water partition coefficient (Wildman–Crippen LogP) is 6.24. The second-order valence-electron chi connectivity index (χ2n) is 17.7. The Labute approximate surface area is 261 Å². The van der Waals surface area contributed by atoms with Gasteiger partial charge in [0.15, 0.2) is 6.29 Å². The summed E-state index contributed by atoms with van der Waals surface area (Å²) in [7, 11) is 0. The standard InChI is InChI=1S/C37H62O6/c1-21(2)9-10-22(3)23(4)24-13-15-35(8)27-12-11-26-33(5,6)28(43-32-31(41)30(40)29(39)25(19-38)42-32)14-16-36(26)20-37(27,36)18-17-34(24,35)7/h21-22,24-32,38-41H,4,9-20H2,1-3,5-8H3/t22-,24-,25-,26-,27-,28+,29-,30+,31-,32+,34-,35+,36-,37+/m1/s1. The highest BCUT2D eigenvalue weighted by Crippen LogP contribution is 2.89. The molecule has 246 valence electrons. The molecule has 4 N–H and O–H groups in total. The van der Waals surface area contributed by atoms with Crippen LogP contribution in [0.4, 0.5) is 0 Å². The van der Waals surface area contributed by atoms with Crippen LogP contribution in [0.25, 0.3) is 0 Å². The minimum absolute atomic E-state index is 0.106. The second kappa shape index (κ2) is 10.8. The highest BCUT2D eigenvalue weighted by Gasteiger charge is 2.82. The number of fused-ring (bicyclic) bond motifs is 2. The quantitative estimate of drug-likeness (QED) is 0.194. The van der Waals surface area contributed by atoms with Gasteiger partial charge in [-0.3, -0.25) is 0 Å². The summed E-state index contributed by atoms with van der Waals surface area (Å²) >= 11 is 0. The van der Waals surface area contributed by atoms with E-state index in [0.717, 1.165) is 24.7 Å². The van der Waals surface area contributed by atoms with Gasteiger partial charge in [0.05, 0.1) is 12.7 Å². The van der Waals surface area contributed by atoms with Gasteiger partial charge in [-0.2, -0.15) is 0 Å². The molecule has 5 saturated carbocycles. The molecule has 6 rings (SSSR count). The van der Waals surface area contributed by atoms with Crippen molar-refractivity contribution in [3.05, 3.63) is 12.2 Å². The van der Waals surface area contributed by atoms with Gasteiger partial charge in [-0.05, 0) is 121 Å². The molecule has 6 fully saturated rings. The van der Waals surface area contributed by atoms with E-state index in [2.05, 4.69) is 48.5 Å². The number of rotatable bonds is 8. The van der Waals surface area contributed by atoms with E-state index in [0.29, 0.717) is 39.4 Å². The molecular formula is C37H62O6. The van der Waals surface area contributed by atoms with Crippen molar-refractivity contribution in [3.8, 4) is 0 Å². The van der Waals surface area contributed by atoms with Crippen LogP contribution >= 0.6 is 0 Å². The van der Waals surface area contributed by atoms with Gasteiger partial charge < -0.3 is 29.9 Å². The van der Waals surface area contributed by atoms with E-state index in [4.69, 9.17) is 16.1 Å². The summed E-state index contributed by atoms with van der Waals surface area (Å²) in [5.74, 6) is 3.32. The molecule has 0 bridgehead atoms. The molecule has 14 atom stereocenters. The molecule has 1 heterocycles. The van der Waals surface area contributed by atoms with Crippen molar-refractivity contribution in [3.63, 3.8) is 0 Å². The van der Waals surface area contributed by atoms with Crippen LogP contribution in [-0.4, -0.2) is 63.8 Å². The summed E-state index contributed by atoms with van der Waals surface area (Å²) in [6.45, 7) is 21.5. The summed E-state index contributed by atoms with van der Waals surface area (Å²) in [6.07, 6.45) is 7.55. The average molecular weight is 603 g/mol. The molecule has 0 aromatic carbocycles. The van der Waals surface area contributed by atoms with Crippen molar-refractivity contribution in [2.45, 2.75) is 156 Å². The van der Waals surface area contributed by atoms with Crippen LogP contribution in [0.5, 0.6) is 0 Å². The van der Waals surface area contributed by atoms with E-state index in [1.807, 2.05) is 0 Å². The van der Waals surface area contributed by atoms with Crippen molar-refractivity contribution < 1.29 is 29.9 Å². The van der Waals surface area contributed by atoms with Gasteiger partial charge >= 0.3 is 0 Å². The molecule has 6 aliphatic rings. The smallest absolute Gasteiger partial charge is 0.186 e. The fourth-order valence-electron chi connectivity index (χ4n) is 12.6. The lowest BCUT2D eigenvalue weighted by Gasteiger charge is -2.63. The number of allylic oxidation sites excluding steroid dienone is 1. The normalized spacial score (nSPS) is 52.5. The van der Waals surface area contributed by atoms with E-state index < -0.39 is 37.3 Å². The third-order valence-electron chi connectivity index (χ3n) is 15.4. The molecule has 43 heavy (non-hydrogen) atoms. The topological polar surface area (TPSA) is 99.4 Å². The van der Waals surface area contributed by atoms with Crippen LogP contribution in [0, 0.1) is 56.7 Å². The zero-order valence-electron chi connectivity index (χ0n) is 28.1. The van der Waals surface area contributed by atoms with E-state index in [1.165, 1.54) is 63.4 Å². The average Bonchev–Trinajstić information content (AvgIpc) is 3.54. The zero-order valence-corrected chi connectivity index (χ0v) is 28.1. The Hall–Kier alpha value is -0.500. The first kappa shape index (κ1) is 32.4. The molecule has 5 aliphatic carbocycles. The maximum atomic E-state index is 10.7. The van der Waals surface area contributed by atoms with Crippen LogP contribution in [0.2, 0.25) is 0 Å².